The van der Waals surface area contributed by atoms with Crippen LogP contribution in [0.4, 0.5) is 4.39 Å². The number of para-hydroxylation sites is 1. The summed E-state index contributed by atoms with van der Waals surface area (Å²) < 4.78 is 26.1. The fraction of sp³-hybridized carbons (Fsp3) is 0.148. The molecular formula is C27H24FN3O4. The fourth-order valence-corrected chi connectivity index (χ4v) is 3.72. The zero-order valence-corrected chi connectivity index (χ0v) is 19.5. The van der Waals surface area contributed by atoms with Crippen LogP contribution in [0.1, 0.15) is 33.4 Å². The van der Waals surface area contributed by atoms with E-state index in [-0.39, 0.29) is 11.4 Å². The molecule has 0 radical (unpaired) electrons. The maximum atomic E-state index is 14.4. The molecule has 0 spiro atoms. The standard InChI is InChI=1S/C27H24FN3O4/c1-17-16-24(32)26(30-31(17)23-7-5-4-6-22(23)28)27(33)29-25(18-8-12-20(34-2)13-9-18)19-10-14-21(35-3)15-11-19/h4-16,25H,1-3H3,(H,29,33). The molecular weight excluding hydrogens is 449 g/mol. The summed E-state index contributed by atoms with van der Waals surface area (Å²) in [6.45, 7) is 1.63. The molecule has 0 saturated carbocycles. The van der Waals surface area contributed by atoms with Gasteiger partial charge in [-0.1, -0.05) is 36.4 Å². The van der Waals surface area contributed by atoms with E-state index < -0.39 is 23.2 Å². The maximum Gasteiger partial charge on any atom is 0.276 e. The lowest BCUT2D eigenvalue weighted by atomic mass is 9.98. The highest BCUT2D eigenvalue weighted by Crippen LogP contribution is 2.26. The number of carbonyl (C=O) groups excluding carboxylic acids is 1. The molecule has 0 saturated heterocycles. The van der Waals surface area contributed by atoms with Crippen molar-refractivity contribution in [2.45, 2.75) is 13.0 Å². The zero-order chi connectivity index (χ0) is 24.9. The predicted molar refractivity (Wildman–Crippen MR) is 130 cm³/mol. The third kappa shape index (κ3) is 5.06. The van der Waals surface area contributed by atoms with Gasteiger partial charge < -0.3 is 14.8 Å². The van der Waals surface area contributed by atoms with Crippen LogP contribution in [0.15, 0.2) is 83.7 Å². The first kappa shape index (κ1) is 23.7. The average molecular weight is 474 g/mol. The topological polar surface area (TPSA) is 82.5 Å². The molecule has 178 valence electrons. The van der Waals surface area contributed by atoms with E-state index in [4.69, 9.17) is 9.47 Å². The van der Waals surface area contributed by atoms with E-state index in [0.29, 0.717) is 17.2 Å². The normalized spacial score (nSPS) is 10.8. The lowest BCUT2D eigenvalue weighted by Gasteiger charge is -2.20. The summed E-state index contributed by atoms with van der Waals surface area (Å²) in [5.74, 6) is 0.132. The predicted octanol–water partition coefficient (Wildman–Crippen LogP) is 4.22. The van der Waals surface area contributed by atoms with Crippen LogP contribution in [0.2, 0.25) is 0 Å². The van der Waals surface area contributed by atoms with Crippen LogP contribution in [0.25, 0.3) is 5.69 Å². The Bertz CT molecular complexity index is 1350. The largest absolute Gasteiger partial charge is 0.497 e. The minimum absolute atomic E-state index is 0.140. The highest BCUT2D eigenvalue weighted by Gasteiger charge is 2.22. The van der Waals surface area contributed by atoms with Crippen molar-refractivity contribution in [1.29, 1.82) is 0 Å². The number of nitrogens with one attached hydrogen (secondary N) is 1. The van der Waals surface area contributed by atoms with Crippen molar-refractivity contribution < 1.29 is 18.7 Å². The summed E-state index contributed by atoms with van der Waals surface area (Å²) in [4.78, 5) is 26.0. The lowest BCUT2D eigenvalue weighted by Crippen LogP contribution is -2.35. The Balaban J connectivity index is 1.74. The zero-order valence-electron chi connectivity index (χ0n) is 19.5. The van der Waals surface area contributed by atoms with Gasteiger partial charge in [0.05, 0.1) is 20.3 Å². The number of hydrogen-bond acceptors (Lipinski definition) is 5. The number of rotatable bonds is 7. The SMILES string of the molecule is COc1ccc(C(NC(=O)c2nn(-c3ccccc3F)c(C)cc2=O)c2ccc(OC)cc2)cc1. The lowest BCUT2D eigenvalue weighted by molar-refractivity contribution is 0.0935. The molecule has 0 fully saturated rings. The van der Waals surface area contributed by atoms with Crippen molar-refractivity contribution in [3.05, 3.63) is 117 Å². The number of hydrogen-bond donors (Lipinski definition) is 1. The number of benzene rings is 3. The molecule has 0 aliphatic rings. The molecule has 0 aliphatic heterocycles. The van der Waals surface area contributed by atoms with E-state index in [1.165, 1.54) is 22.9 Å². The van der Waals surface area contributed by atoms with Gasteiger partial charge >= 0.3 is 0 Å². The average Bonchev–Trinajstić information content (AvgIpc) is 2.88. The number of carbonyl (C=O) groups is 1. The number of aryl methyl sites for hydroxylation is 1. The second kappa shape index (κ2) is 10.2. The van der Waals surface area contributed by atoms with Gasteiger partial charge in [0, 0.05) is 11.8 Å². The Morgan fingerprint density at radius 3 is 1.97 bits per heavy atom. The van der Waals surface area contributed by atoms with Gasteiger partial charge in [-0.3, -0.25) is 9.59 Å². The number of methoxy groups -OCH3 is 2. The van der Waals surface area contributed by atoms with Crippen LogP contribution < -0.4 is 20.2 Å². The summed E-state index contributed by atoms with van der Waals surface area (Å²) in [7, 11) is 3.14. The van der Waals surface area contributed by atoms with Crippen LogP contribution in [0, 0.1) is 12.7 Å². The Morgan fingerprint density at radius 2 is 1.46 bits per heavy atom. The first-order valence-electron chi connectivity index (χ1n) is 10.9. The molecule has 1 aromatic heterocycles. The van der Waals surface area contributed by atoms with Gasteiger partial charge in [0.1, 0.15) is 23.0 Å². The highest BCUT2D eigenvalue weighted by molar-refractivity contribution is 5.92. The second-order valence-corrected chi connectivity index (χ2v) is 7.81. The summed E-state index contributed by atoms with van der Waals surface area (Å²) in [6.07, 6.45) is 0. The minimum atomic E-state index is -0.684. The Morgan fingerprint density at radius 1 is 0.914 bits per heavy atom. The minimum Gasteiger partial charge on any atom is -0.497 e. The number of ether oxygens (including phenoxy) is 2. The van der Waals surface area contributed by atoms with Crippen molar-refractivity contribution in [2.24, 2.45) is 0 Å². The maximum absolute atomic E-state index is 14.4. The van der Waals surface area contributed by atoms with Gasteiger partial charge in [0.15, 0.2) is 5.69 Å². The Hall–Kier alpha value is -4.46. The smallest absolute Gasteiger partial charge is 0.276 e. The van der Waals surface area contributed by atoms with Gasteiger partial charge in [-0.2, -0.15) is 5.10 Å². The van der Waals surface area contributed by atoms with Crippen molar-refractivity contribution >= 4 is 5.91 Å². The van der Waals surface area contributed by atoms with E-state index in [0.717, 1.165) is 11.1 Å². The molecule has 1 amide bonds. The summed E-state index contributed by atoms with van der Waals surface area (Å²) in [5, 5.41) is 7.11. The number of halogens is 1. The Labute approximate surface area is 201 Å². The summed E-state index contributed by atoms with van der Waals surface area (Å²) in [6, 6.07) is 21.1. The number of aromatic nitrogens is 2. The molecule has 1 heterocycles. The molecule has 0 unspecified atom stereocenters. The van der Waals surface area contributed by atoms with Crippen LogP contribution in [0.3, 0.4) is 0 Å². The van der Waals surface area contributed by atoms with Crippen molar-refractivity contribution in [1.82, 2.24) is 15.1 Å². The van der Waals surface area contributed by atoms with Crippen LogP contribution >= 0.6 is 0 Å². The second-order valence-electron chi connectivity index (χ2n) is 7.81. The molecule has 0 aliphatic carbocycles. The number of amides is 1. The third-order valence-electron chi connectivity index (χ3n) is 5.58. The van der Waals surface area contributed by atoms with Crippen molar-refractivity contribution in [3.8, 4) is 17.2 Å². The highest BCUT2D eigenvalue weighted by atomic mass is 19.1. The molecule has 0 atom stereocenters. The van der Waals surface area contributed by atoms with Gasteiger partial charge in [0.25, 0.3) is 5.91 Å². The van der Waals surface area contributed by atoms with E-state index in [9.17, 15) is 14.0 Å². The van der Waals surface area contributed by atoms with E-state index >= 15 is 0 Å². The van der Waals surface area contributed by atoms with Crippen LogP contribution in [-0.4, -0.2) is 29.9 Å². The monoisotopic (exact) mass is 473 g/mol. The first-order chi connectivity index (χ1) is 16.9. The molecule has 7 nitrogen and oxygen atoms in total. The van der Waals surface area contributed by atoms with Crippen LogP contribution in [-0.2, 0) is 0 Å². The van der Waals surface area contributed by atoms with Crippen LogP contribution in [0.5, 0.6) is 11.5 Å². The fourth-order valence-electron chi connectivity index (χ4n) is 3.72. The van der Waals surface area contributed by atoms with Crippen molar-refractivity contribution in [3.63, 3.8) is 0 Å². The molecule has 3 aromatic carbocycles. The molecule has 4 rings (SSSR count). The molecule has 0 bridgehead atoms. The van der Waals surface area contributed by atoms with Crippen molar-refractivity contribution in [2.75, 3.05) is 14.2 Å². The number of nitrogens with zero attached hydrogens (tertiary/aromatic N) is 2. The molecule has 35 heavy (non-hydrogen) atoms. The van der Waals surface area contributed by atoms with Gasteiger partial charge in [-0.05, 0) is 54.4 Å². The van der Waals surface area contributed by atoms with Gasteiger partial charge in [0.2, 0.25) is 5.43 Å². The van der Waals surface area contributed by atoms with E-state index in [1.54, 1.807) is 57.5 Å². The quantitative estimate of drug-likeness (QED) is 0.435. The van der Waals surface area contributed by atoms with Gasteiger partial charge in [-0.25, -0.2) is 9.07 Å². The molecule has 4 aromatic rings. The molecule has 8 heteroatoms. The third-order valence-corrected chi connectivity index (χ3v) is 5.58. The van der Waals surface area contributed by atoms with E-state index in [1.807, 2.05) is 24.3 Å². The molecule has 1 N–H and O–H groups in total. The Kier molecular flexibility index (Phi) is 6.91. The van der Waals surface area contributed by atoms with Gasteiger partial charge in [-0.15, -0.1) is 0 Å². The van der Waals surface area contributed by atoms with E-state index in [2.05, 4.69) is 10.4 Å². The first-order valence-corrected chi connectivity index (χ1v) is 10.9. The summed E-state index contributed by atoms with van der Waals surface area (Å²) in [5.41, 5.74) is 1.18. The summed E-state index contributed by atoms with van der Waals surface area (Å²) >= 11 is 0.